The maximum atomic E-state index is 11.9. The normalized spacial score (nSPS) is 16.0. The average Bonchev–Trinajstić information content (AvgIpc) is 1.98. The molecule has 0 heterocycles. The molecule has 13 heteroatoms. The Morgan fingerprint density at radius 2 is 0.941 bits per heavy atom. The molecule has 0 spiro atoms. The minimum Gasteiger partial charge on any atom is -0.217 e. The third kappa shape index (κ3) is 2.34. The van der Waals surface area contributed by atoms with Gasteiger partial charge in [-0.3, -0.25) is 0 Å². The predicted molar refractivity (Wildman–Crippen MR) is 44.2 cm³/mol. The van der Waals surface area contributed by atoms with Crippen LogP contribution in [0.5, 0.6) is 0 Å². The Hall–Kier alpha value is -0.230. The zero-order valence-corrected chi connectivity index (χ0v) is 9.98. The lowest BCUT2D eigenvalue weighted by Crippen LogP contribution is -2.50. The van der Waals surface area contributed by atoms with Crippen molar-refractivity contribution in [2.24, 2.45) is 0 Å². The molecule has 0 aromatic heterocycles. The molecule has 0 aliphatic heterocycles. The summed E-state index contributed by atoms with van der Waals surface area (Å²) in [5, 5.41) is 0. The fourth-order valence-corrected chi connectivity index (χ4v) is 3.63. The second-order valence-electron chi connectivity index (χ2n) is 2.73. The van der Waals surface area contributed by atoms with Crippen molar-refractivity contribution in [3.63, 3.8) is 0 Å². The average molecular weight is 329 g/mol. The van der Waals surface area contributed by atoms with Gasteiger partial charge in [0.05, 0.1) is 0 Å². The van der Waals surface area contributed by atoms with Crippen LogP contribution >= 0.6 is 11.6 Å². The van der Waals surface area contributed by atoms with Crippen LogP contribution in [0.1, 0.15) is 6.92 Å². The molecule has 17 heavy (non-hydrogen) atoms. The molecule has 0 saturated heterocycles. The Morgan fingerprint density at radius 3 is 1.06 bits per heavy atom. The van der Waals surface area contributed by atoms with E-state index < -0.39 is 41.2 Å². The van der Waals surface area contributed by atoms with Crippen LogP contribution in [0.3, 0.4) is 0 Å². The molecule has 0 fully saturated rings. The van der Waals surface area contributed by atoms with E-state index in [2.05, 4.69) is 11.6 Å². The highest BCUT2D eigenvalue weighted by Gasteiger charge is 2.70. The zero-order chi connectivity index (χ0) is 14.5. The van der Waals surface area contributed by atoms with Gasteiger partial charge in [-0.15, -0.1) is 0 Å². The quantitative estimate of drug-likeness (QED) is 0.572. The molecule has 4 nitrogen and oxygen atoms in total. The van der Waals surface area contributed by atoms with Crippen molar-refractivity contribution in [3.8, 4) is 0 Å². The van der Waals surface area contributed by atoms with Crippen molar-refractivity contribution in [1.29, 1.82) is 0 Å². The predicted octanol–water partition coefficient (Wildman–Crippen LogP) is 1.77. The molecule has 0 atom stereocenters. The molecule has 0 aliphatic rings. The van der Waals surface area contributed by atoms with Gasteiger partial charge in [-0.1, -0.05) is 11.6 Å². The summed E-state index contributed by atoms with van der Waals surface area (Å²) in [5.41, 5.74) is -12.5. The van der Waals surface area contributed by atoms with Gasteiger partial charge in [-0.05, 0) is 6.92 Å². The third-order valence-electron chi connectivity index (χ3n) is 1.57. The van der Waals surface area contributed by atoms with Gasteiger partial charge in [0.15, 0.2) is 0 Å². The van der Waals surface area contributed by atoms with Crippen LogP contribution in [0.25, 0.3) is 0 Å². The molecule has 0 saturated carbocycles. The lowest BCUT2D eigenvalue weighted by atomic mass is 10.9. The summed E-state index contributed by atoms with van der Waals surface area (Å²) in [6, 6.07) is 0. The first-order chi connectivity index (χ1) is 7.00. The SMILES string of the molecule is CC(Cl)(S(=O)(=O)C(F)(F)F)S(=O)(=O)C(F)(F)F. The van der Waals surface area contributed by atoms with Gasteiger partial charge < -0.3 is 0 Å². The summed E-state index contributed by atoms with van der Waals surface area (Å²) in [5.74, 6) is 0. The summed E-state index contributed by atoms with van der Waals surface area (Å²) >= 11 is 4.47. The van der Waals surface area contributed by atoms with Crippen LogP contribution in [0.15, 0.2) is 0 Å². The van der Waals surface area contributed by atoms with Crippen molar-refractivity contribution in [3.05, 3.63) is 0 Å². The van der Waals surface area contributed by atoms with Gasteiger partial charge in [0.2, 0.25) is 0 Å². The van der Waals surface area contributed by atoms with Gasteiger partial charge in [-0.25, -0.2) is 16.8 Å². The van der Waals surface area contributed by atoms with Crippen LogP contribution in [0.4, 0.5) is 26.3 Å². The number of rotatable bonds is 2. The van der Waals surface area contributed by atoms with Crippen molar-refractivity contribution >= 4 is 31.3 Å². The fraction of sp³-hybridized carbons (Fsp3) is 1.00. The minimum absolute atomic E-state index is 0.403. The number of halogens is 7. The van der Waals surface area contributed by atoms with E-state index in [1.165, 1.54) is 0 Å². The van der Waals surface area contributed by atoms with Crippen LogP contribution in [0.2, 0.25) is 0 Å². The smallest absolute Gasteiger partial charge is 0.217 e. The van der Waals surface area contributed by atoms with Crippen LogP contribution in [0, 0.1) is 0 Å². The first kappa shape index (κ1) is 16.8. The van der Waals surface area contributed by atoms with Crippen molar-refractivity contribution in [2.75, 3.05) is 0 Å². The van der Waals surface area contributed by atoms with Crippen LogP contribution in [-0.2, 0) is 19.7 Å². The Morgan fingerprint density at radius 1 is 0.765 bits per heavy atom. The molecule has 0 rings (SSSR count). The zero-order valence-electron chi connectivity index (χ0n) is 7.60. The lowest BCUT2D eigenvalue weighted by Gasteiger charge is -2.24. The molecule has 0 aromatic rings. The van der Waals surface area contributed by atoms with Crippen molar-refractivity contribution in [1.82, 2.24) is 0 Å². The maximum absolute atomic E-state index is 11.9. The van der Waals surface area contributed by atoms with E-state index in [1.807, 2.05) is 0 Å². The van der Waals surface area contributed by atoms with E-state index in [9.17, 15) is 43.2 Å². The molecule has 0 amide bonds. The number of hydrogen-bond acceptors (Lipinski definition) is 4. The highest BCUT2D eigenvalue weighted by Crippen LogP contribution is 2.45. The number of hydrogen-bond donors (Lipinski definition) is 0. The van der Waals surface area contributed by atoms with Gasteiger partial charge in [0, 0.05) is 0 Å². The standard InChI is InChI=1S/C4H3ClF6O4S2/c1-2(5,16(12,13)3(6,7)8)17(14,15)4(9,10)11/h1H3. The molecule has 0 aliphatic carbocycles. The fourth-order valence-electron chi connectivity index (χ4n) is 0.558. The van der Waals surface area contributed by atoms with Gasteiger partial charge >= 0.3 is 11.0 Å². The maximum Gasteiger partial charge on any atom is 0.500 e. The third-order valence-corrected chi connectivity index (χ3v) is 7.24. The molecular weight excluding hydrogens is 326 g/mol. The summed E-state index contributed by atoms with van der Waals surface area (Å²) in [6.45, 7) is -0.403. The van der Waals surface area contributed by atoms with Crippen molar-refractivity contribution < 1.29 is 43.2 Å². The monoisotopic (exact) mass is 328 g/mol. The first-order valence-corrected chi connectivity index (χ1v) is 6.65. The highest BCUT2D eigenvalue weighted by atomic mass is 35.5. The Bertz CT molecular complexity index is 451. The summed E-state index contributed by atoms with van der Waals surface area (Å²) in [7, 11) is -13.5. The number of sulfone groups is 2. The number of alkyl halides is 7. The second-order valence-corrected chi connectivity index (χ2v) is 8.77. The molecule has 0 N–H and O–H groups in total. The Kier molecular flexibility index (Phi) is 3.83. The van der Waals surface area contributed by atoms with E-state index in [0.717, 1.165) is 0 Å². The van der Waals surface area contributed by atoms with Gasteiger partial charge in [0.1, 0.15) is 0 Å². The van der Waals surface area contributed by atoms with Crippen LogP contribution < -0.4 is 0 Å². The van der Waals surface area contributed by atoms with E-state index in [1.54, 1.807) is 0 Å². The first-order valence-electron chi connectivity index (χ1n) is 3.31. The Balaban J connectivity index is 6.14. The summed E-state index contributed by atoms with van der Waals surface area (Å²) < 4.78 is 110. The van der Waals surface area contributed by atoms with Gasteiger partial charge in [-0.2, -0.15) is 26.3 Å². The van der Waals surface area contributed by atoms with E-state index in [-0.39, 0.29) is 0 Å². The van der Waals surface area contributed by atoms with Crippen molar-refractivity contribution in [2.45, 2.75) is 21.5 Å². The summed E-state index contributed by atoms with van der Waals surface area (Å²) in [6.07, 6.45) is 0. The molecule has 104 valence electrons. The van der Waals surface area contributed by atoms with E-state index >= 15 is 0 Å². The van der Waals surface area contributed by atoms with Gasteiger partial charge in [0.25, 0.3) is 23.2 Å². The summed E-state index contributed by atoms with van der Waals surface area (Å²) in [4.78, 5) is 0. The highest BCUT2D eigenvalue weighted by molar-refractivity contribution is 8.12. The molecule has 0 unspecified atom stereocenters. The van der Waals surface area contributed by atoms with Crippen LogP contribution in [-0.4, -0.2) is 31.4 Å². The molecule has 0 aromatic carbocycles. The van der Waals surface area contributed by atoms with E-state index in [4.69, 9.17) is 0 Å². The van der Waals surface area contributed by atoms with E-state index in [0.29, 0.717) is 0 Å². The molecular formula is C4H3ClF6O4S2. The molecule has 0 radical (unpaired) electrons. The second kappa shape index (κ2) is 3.88. The Labute approximate surface area is 96.4 Å². The molecule has 0 bridgehead atoms. The topological polar surface area (TPSA) is 68.3 Å². The minimum atomic E-state index is -6.76. The lowest BCUT2D eigenvalue weighted by molar-refractivity contribution is -0.0475. The largest absolute Gasteiger partial charge is 0.500 e.